The van der Waals surface area contributed by atoms with Gasteiger partial charge in [0.1, 0.15) is 0 Å². The van der Waals surface area contributed by atoms with Gasteiger partial charge in [-0.1, -0.05) is 6.07 Å². The highest BCUT2D eigenvalue weighted by molar-refractivity contribution is 5.80. The predicted octanol–water partition coefficient (Wildman–Crippen LogP) is 2.33. The molecule has 9 heteroatoms. The van der Waals surface area contributed by atoms with Crippen LogP contribution in [0, 0.1) is 0 Å². The standard InChI is InChI=1S/C20H29F3N4O2/c1-2-24-18(25-15-19(28)6-12-29-13-7-19)27-10-8-26(9-11-27)17-5-3-4-16(14-17)20(21,22)23/h3-5,14,28H,2,6-13,15H2,1H3,(H,24,25). The number of hydrogen-bond acceptors (Lipinski definition) is 4. The molecular weight excluding hydrogens is 385 g/mol. The summed E-state index contributed by atoms with van der Waals surface area (Å²) in [7, 11) is 0. The summed E-state index contributed by atoms with van der Waals surface area (Å²) < 4.78 is 44.2. The molecule has 162 valence electrons. The Bertz CT molecular complexity index is 697. The van der Waals surface area contributed by atoms with Crippen LogP contribution in [0.2, 0.25) is 0 Å². The Labute approximate surface area is 169 Å². The fourth-order valence-electron chi connectivity index (χ4n) is 3.61. The molecule has 2 heterocycles. The van der Waals surface area contributed by atoms with Crippen LogP contribution in [0.25, 0.3) is 0 Å². The molecular formula is C20H29F3N4O2. The molecule has 1 aromatic carbocycles. The normalized spacial score (nSPS) is 20.7. The van der Waals surface area contributed by atoms with Crippen LogP contribution in [0.3, 0.4) is 0 Å². The smallest absolute Gasteiger partial charge is 0.388 e. The van der Waals surface area contributed by atoms with Crippen LogP contribution in [0.15, 0.2) is 29.3 Å². The fraction of sp³-hybridized carbons (Fsp3) is 0.650. The summed E-state index contributed by atoms with van der Waals surface area (Å²) in [6.45, 7) is 6.57. The number of nitrogens with one attached hydrogen (secondary N) is 1. The van der Waals surface area contributed by atoms with Gasteiger partial charge in [0.25, 0.3) is 0 Å². The summed E-state index contributed by atoms with van der Waals surface area (Å²) in [6, 6.07) is 5.46. The maximum atomic E-state index is 13.0. The van der Waals surface area contributed by atoms with E-state index >= 15 is 0 Å². The van der Waals surface area contributed by atoms with E-state index in [1.165, 1.54) is 12.1 Å². The van der Waals surface area contributed by atoms with Gasteiger partial charge in [0.15, 0.2) is 5.96 Å². The quantitative estimate of drug-likeness (QED) is 0.585. The van der Waals surface area contributed by atoms with Crippen molar-refractivity contribution in [1.82, 2.24) is 10.2 Å². The molecule has 0 spiro atoms. The van der Waals surface area contributed by atoms with Crippen molar-refractivity contribution < 1.29 is 23.0 Å². The first-order valence-corrected chi connectivity index (χ1v) is 10.1. The molecule has 0 amide bonds. The van der Waals surface area contributed by atoms with Crippen molar-refractivity contribution in [3.8, 4) is 0 Å². The van der Waals surface area contributed by atoms with E-state index in [-0.39, 0.29) is 0 Å². The highest BCUT2D eigenvalue weighted by Gasteiger charge is 2.32. The molecule has 0 bridgehead atoms. The lowest BCUT2D eigenvalue weighted by molar-refractivity contribution is -0.137. The monoisotopic (exact) mass is 414 g/mol. The van der Waals surface area contributed by atoms with Gasteiger partial charge in [-0.3, -0.25) is 4.99 Å². The molecule has 0 atom stereocenters. The minimum Gasteiger partial charge on any atom is -0.388 e. The number of hydrogen-bond donors (Lipinski definition) is 2. The molecule has 0 aliphatic carbocycles. The summed E-state index contributed by atoms with van der Waals surface area (Å²) in [5.74, 6) is 0.733. The Morgan fingerprint density at radius 2 is 1.90 bits per heavy atom. The summed E-state index contributed by atoms with van der Waals surface area (Å²) in [5.41, 5.74) is -0.881. The van der Waals surface area contributed by atoms with Crippen molar-refractivity contribution in [2.24, 2.45) is 4.99 Å². The average Bonchev–Trinajstić information content (AvgIpc) is 2.71. The van der Waals surface area contributed by atoms with Gasteiger partial charge in [-0.2, -0.15) is 13.2 Å². The van der Waals surface area contributed by atoms with Crippen molar-refractivity contribution >= 4 is 11.6 Å². The zero-order chi connectivity index (χ0) is 20.9. The molecule has 2 aliphatic heterocycles. The lowest BCUT2D eigenvalue weighted by Crippen LogP contribution is -2.53. The first-order valence-electron chi connectivity index (χ1n) is 10.1. The minimum absolute atomic E-state index is 0.312. The number of ether oxygens (including phenoxy) is 1. The SMILES string of the molecule is CCNC(=NCC1(O)CCOCC1)N1CCN(c2cccc(C(F)(F)F)c2)CC1. The highest BCUT2D eigenvalue weighted by atomic mass is 19.4. The van der Waals surface area contributed by atoms with Gasteiger partial charge in [0.2, 0.25) is 0 Å². The summed E-state index contributed by atoms with van der Waals surface area (Å²) in [6.07, 6.45) is -3.20. The molecule has 2 saturated heterocycles. The van der Waals surface area contributed by atoms with Gasteiger partial charge in [-0.15, -0.1) is 0 Å². The van der Waals surface area contributed by atoms with Gasteiger partial charge in [-0.25, -0.2) is 0 Å². The number of aliphatic hydroxyl groups is 1. The van der Waals surface area contributed by atoms with Gasteiger partial charge in [-0.05, 0) is 25.1 Å². The van der Waals surface area contributed by atoms with E-state index in [9.17, 15) is 18.3 Å². The molecule has 1 aromatic rings. The topological polar surface area (TPSA) is 60.3 Å². The maximum Gasteiger partial charge on any atom is 0.416 e. The second-order valence-electron chi connectivity index (χ2n) is 7.53. The van der Waals surface area contributed by atoms with Crippen molar-refractivity contribution in [3.63, 3.8) is 0 Å². The first-order chi connectivity index (χ1) is 13.8. The molecule has 0 unspecified atom stereocenters. The number of aliphatic imine (C=N–C) groups is 1. The molecule has 3 rings (SSSR count). The second-order valence-corrected chi connectivity index (χ2v) is 7.53. The third-order valence-electron chi connectivity index (χ3n) is 5.40. The number of anilines is 1. The second kappa shape index (κ2) is 9.21. The van der Waals surface area contributed by atoms with Crippen LogP contribution in [0.4, 0.5) is 18.9 Å². The van der Waals surface area contributed by atoms with E-state index in [0.717, 1.165) is 12.0 Å². The molecule has 6 nitrogen and oxygen atoms in total. The van der Waals surface area contributed by atoms with Crippen molar-refractivity contribution in [2.75, 3.05) is 57.4 Å². The van der Waals surface area contributed by atoms with E-state index in [2.05, 4.69) is 15.2 Å². The first kappa shape index (κ1) is 21.7. The molecule has 0 aromatic heterocycles. The third kappa shape index (κ3) is 5.76. The van der Waals surface area contributed by atoms with Gasteiger partial charge >= 0.3 is 6.18 Å². The fourth-order valence-corrected chi connectivity index (χ4v) is 3.61. The van der Waals surface area contributed by atoms with Crippen LogP contribution in [-0.4, -0.2) is 74.0 Å². The molecule has 0 radical (unpaired) electrons. The van der Waals surface area contributed by atoms with Gasteiger partial charge in [0.05, 0.1) is 17.7 Å². The van der Waals surface area contributed by atoms with E-state index < -0.39 is 17.3 Å². The van der Waals surface area contributed by atoms with Gasteiger partial charge < -0.3 is 25.0 Å². The Morgan fingerprint density at radius 1 is 1.21 bits per heavy atom. The van der Waals surface area contributed by atoms with Crippen molar-refractivity contribution in [2.45, 2.75) is 31.5 Å². The van der Waals surface area contributed by atoms with Crippen LogP contribution in [-0.2, 0) is 10.9 Å². The minimum atomic E-state index is -4.34. The molecule has 2 N–H and O–H groups in total. The van der Waals surface area contributed by atoms with E-state index in [1.54, 1.807) is 6.07 Å². The Kier molecular flexibility index (Phi) is 6.89. The lowest BCUT2D eigenvalue weighted by Gasteiger charge is -2.38. The number of halogens is 3. The summed E-state index contributed by atoms with van der Waals surface area (Å²) in [5, 5.41) is 13.9. The zero-order valence-electron chi connectivity index (χ0n) is 16.7. The molecule has 2 aliphatic rings. The van der Waals surface area contributed by atoms with E-state index in [0.29, 0.717) is 71.0 Å². The average molecular weight is 414 g/mol. The lowest BCUT2D eigenvalue weighted by atomic mass is 9.95. The van der Waals surface area contributed by atoms with Crippen LogP contribution < -0.4 is 10.2 Å². The Morgan fingerprint density at radius 3 is 2.52 bits per heavy atom. The van der Waals surface area contributed by atoms with Crippen molar-refractivity contribution in [3.05, 3.63) is 29.8 Å². The maximum absolute atomic E-state index is 13.0. The predicted molar refractivity (Wildman–Crippen MR) is 106 cm³/mol. The molecule has 0 saturated carbocycles. The summed E-state index contributed by atoms with van der Waals surface area (Å²) in [4.78, 5) is 8.69. The number of alkyl halides is 3. The number of nitrogens with zero attached hydrogens (tertiary/aromatic N) is 3. The highest BCUT2D eigenvalue weighted by Crippen LogP contribution is 2.32. The Hall–Kier alpha value is -2.00. The van der Waals surface area contributed by atoms with Crippen LogP contribution in [0.1, 0.15) is 25.3 Å². The third-order valence-corrected chi connectivity index (χ3v) is 5.40. The number of rotatable bonds is 4. The summed E-state index contributed by atoms with van der Waals surface area (Å²) >= 11 is 0. The number of benzene rings is 1. The van der Waals surface area contributed by atoms with Crippen molar-refractivity contribution in [1.29, 1.82) is 0 Å². The number of guanidine groups is 1. The van der Waals surface area contributed by atoms with E-state index in [4.69, 9.17) is 4.74 Å². The Balaban J connectivity index is 1.62. The molecule has 29 heavy (non-hydrogen) atoms. The largest absolute Gasteiger partial charge is 0.416 e. The number of piperazine rings is 1. The van der Waals surface area contributed by atoms with Gasteiger partial charge in [0, 0.05) is 64.5 Å². The zero-order valence-corrected chi connectivity index (χ0v) is 16.7. The van der Waals surface area contributed by atoms with Crippen LogP contribution >= 0.6 is 0 Å². The molecule has 2 fully saturated rings. The van der Waals surface area contributed by atoms with Crippen LogP contribution in [0.5, 0.6) is 0 Å². The van der Waals surface area contributed by atoms with E-state index in [1.807, 2.05) is 11.8 Å².